The first kappa shape index (κ1) is 18.1. The van der Waals surface area contributed by atoms with Crippen molar-refractivity contribution in [3.05, 3.63) is 64.7 Å². The fourth-order valence-electron chi connectivity index (χ4n) is 2.84. The lowest BCUT2D eigenvalue weighted by atomic mass is 10.1. The number of thioether (sulfide) groups is 1. The second-order valence-corrected chi connectivity index (χ2v) is 7.16. The van der Waals surface area contributed by atoms with E-state index >= 15 is 0 Å². The summed E-state index contributed by atoms with van der Waals surface area (Å²) in [4.78, 5) is 12.4. The molecule has 0 bridgehead atoms. The van der Waals surface area contributed by atoms with Gasteiger partial charge in [-0.1, -0.05) is 59.8 Å². The number of benzene rings is 2. The zero-order valence-corrected chi connectivity index (χ0v) is 15.9. The molecule has 0 saturated carbocycles. The number of hydrogen-bond donors (Lipinski definition) is 1. The van der Waals surface area contributed by atoms with Gasteiger partial charge in [0.1, 0.15) is 0 Å². The molecule has 26 heavy (non-hydrogen) atoms. The lowest BCUT2D eigenvalue weighted by Crippen LogP contribution is -2.16. The number of amides is 1. The molecule has 1 N–H and O–H groups in total. The molecule has 6 nitrogen and oxygen atoms in total. The summed E-state index contributed by atoms with van der Waals surface area (Å²) in [6.07, 6.45) is 0. The summed E-state index contributed by atoms with van der Waals surface area (Å²) in [6.45, 7) is 6.63. The Morgan fingerprint density at radius 3 is 2.50 bits per heavy atom. The van der Waals surface area contributed by atoms with Gasteiger partial charge in [0.25, 0.3) is 0 Å². The topological polar surface area (TPSA) is 72.7 Å². The van der Waals surface area contributed by atoms with Crippen molar-refractivity contribution in [2.45, 2.75) is 32.5 Å². The Morgan fingerprint density at radius 2 is 1.81 bits per heavy atom. The lowest BCUT2D eigenvalue weighted by molar-refractivity contribution is -0.113. The molecule has 3 aromatic rings. The van der Waals surface area contributed by atoms with Gasteiger partial charge in [-0.05, 0) is 47.9 Å². The first-order valence-electron chi connectivity index (χ1n) is 8.33. The normalized spacial score (nSPS) is 10.7. The molecular weight excluding hydrogens is 346 g/mol. The van der Waals surface area contributed by atoms with E-state index in [9.17, 15) is 4.79 Å². The zero-order valence-electron chi connectivity index (χ0n) is 15.1. The van der Waals surface area contributed by atoms with Gasteiger partial charge in [-0.25, -0.2) is 4.68 Å². The number of nitrogens with zero attached hydrogens (tertiary/aromatic N) is 4. The van der Waals surface area contributed by atoms with E-state index in [1.54, 1.807) is 4.68 Å². The van der Waals surface area contributed by atoms with E-state index in [1.165, 1.54) is 17.3 Å². The summed E-state index contributed by atoms with van der Waals surface area (Å²) in [5.41, 5.74) is 5.30. The van der Waals surface area contributed by atoms with Crippen LogP contribution in [0.1, 0.15) is 22.3 Å². The van der Waals surface area contributed by atoms with Crippen molar-refractivity contribution in [1.82, 2.24) is 20.2 Å². The van der Waals surface area contributed by atoms with Gasteiger partial charge in [-0.2, -0.15) is 0 Å². The van der Waals surface area contributed by atoms with Crippen molar-refractivity contribution in [1.29, 1.82) is 0 Å². The molecule has 0 fully saturated rings. The van der Waals surface area contributed by atoms with E-state index in [-0.39, 0.29) is 11.7 Å². The van der Waals surface area contributed by atoms with Crippen LogP contribution in [-0.2, 0) is 11.3 Å². The molecule has 134 valence electrons. The van der Waals surface area contributed by atoms with Gasteiger partial charge in [0, 0.05) is 5.69 Å². The smallest absolute Gasteiger partial charge is 0.234 e. The molecule has 3 rings (SSSR count). The van der Waals surface area contributed by atoms with Crippen molar-refractivity contribution >= 4 is 23.4 Å². The predicted molar refractivity (Wildman–Crippen MR) is 103 cm³/mol. The lowest BCUT2D eigenvalue weighted by Gasteiger charge is -2.12. The summed E-state index contributed by atoms with van der Waals surface area (Å²) in [5, 5.41) is 15.4. The Morgan fingerprint density at radius 1 is 1.12 bits per heavy atom. The van der Waals surface area contributed by atoms with Gasteiger partial charge >= 0.3 is 0 Å². The molecule has 1 amide bonds. The van der Waals surface area contributed by atoms with Gasteiger partial charge in [0.2, 0.25) is 11.1 Å². The SMILES string of the molecule is Cc1cc(C)c(NC(=O)CSc2nnnn2Cc2ccccc2)c(C)c1. The van der Waals surface area contributed by atoms with Crippen molar-refractivity contribution in [2.24, 2.45) is 0 Å². The number of aromatic nitrogens is 4. The zero-order chi connectivity index (χ0) is 18.5. The van der Waals surface area contributed by atoms with Gasteiger partial charge in [0.15, 0.2) is 0 Å². The predicted octanol–water partition coefficient (Wildman–Crippen LogP) is 3.38. The van der Waals surface area contributed by atoms with E-state index in [4.69, 9.17) is 0 Å². The van der Waals surface area contributed by atoms with Crippen molar-refractivity contribution < 1.29 is 4.79 Å². The van der Waals surface area contributed by atoms with Crippen LogP contribution in [0.5, 0.6) is 0 Å². The largest absolute Gasteiger partial charge is 0.325 e. The molecule has 0 aliphatic heterocycles. The molecule has 0 atom stereocenters. The van der Waals surface area contributed by atoms with Gasteiger partial charge in [0.05, 0.1) is 12.3 Å². The molecule has 0 radical (unpaired) electrons. The highest BCUT2D eigenvalue weighted by Gasteiger charge is 2.12. The Kier molecular flexibility index (Phi) is 5.68. The molecule has 0 aliphatic rings. The van der Waals surface area contributed by atoms with Crippen LogP contribution in [0.25, 0.3) is 0 Å². The molecule has 1 heterocycles. The Hall–Kier alpha value is -2.67. The van der Waals surface area contributed by atoms with Crippen LogP contribution >= 0.6 is 11.8 Å². The van der Waals surface area contributed by atoms with Crippen LogP contribution in [-0.4, -0.2) is 31.9 Å². The number of aryl methyl sites for hydroxylation is 3. The van der Waals surface area contributed by atoms with E-state index in [1.807, 2.05) is 51.1 Å². The fraction of sp³-hybridized carbons (Fsp3) is 0.263. The maximum Gasteiger partial charge on any atom is 0.234 e. The Labute approximate surface area is 157 Å². The first-order chi connectivity index (χ1) is 12.5. The monoisotopic (exact) mass is 367 g/mol. The number of rotatable bonds is 6. The van der Waals surface area contributed by atoms with Crippen LogP contribution in [0.2, 0.25) is 0 Å². The van der Waals surface area contributed by atoms with E-state index in [0.717, 1.165) is 22.4 Å². The third kappa shape index (κ3) is 4.49. The summed E-state index contributed by atoms with van der Waals surface area (Å²) in [7, 11) is 0. The second kappa shape index (κ2) is 8.14. The molecule has 0 spiro atoms. The minimum absolute atomic E-state index is 0.0701. The molecule has 7 heteroatoms. The van der Waals surface area contributed by atoms with Crippen LogP contribution in [0.15, 0.2) is 47.6 Å². The number of anilines is 1. The van der Waals surface area contributed by atoms with Gasteiger partial charge in [-0.3, -0.25) is 4.79 Å². The average Bonchev–Trinajstić information content (AvgIpc) is 3.04. The highest BCUT2D eigenvalue weighted by molar-refractivity contribution is 7.99. The minimum atomic E-state index is -0.0701. The second-order valence-electron chi connectivity index (χ2n) is 6.22. The number of hydrogen-bond acceptors (Lipinski definition) is 5. The van der Waals surface area contributed by atoms with E-state index in [0.29, 0.717) is 11.7 Å². The molecule has 2 aromatic carbocycles. The third-order valence-corrected chi connectivity index (χ3v) is 4.91. The molecular formula is C19H21N5OS. The van der Waals surface area contributed by atoms with Crippen molar-refractivity contribution in [3.63, 3.8) is 0 Å². The average molecular weight is 367 g/mol. The molecule has 0 aliphatic carbocycles. The maximum absolute atomic E-state index is 12.4. The summed E-state index contributed by atoms with van der Waals surface area (Å²) < 4.78 is 1.70. The Balaban J connectivity index is 1.62. The van der Waals surface area contributed by atoms with Crippen LogP contribution in [0, 0.1) is 20.8 Å². The highest BCUT2D eigenvalue weighted by Crippen LogP contribution is 2.23. The van der Waals surface area contributed by atoms with Crippen molar-refractivity contribution in [2.75, 3.05) is 11.1 Å². The highest BCUT2D eigenvalue weighted by atomic mass is 32.2. The van der Waals surface area contributed by atoms with Gasteiger partial charge in [-0.15, -0.1) is 5.10 Å². The fourth-order valence-corrected chi connectivity index (χ4v) is 3.51. The standard InChI is InChI=1S/C19H21N5OS/c1-13-9-14(2)18(15(3)10-13)20-17(25)12-26-19-21-22-23-24(19)11-16-7-5-4-6-8-16/h4-10H,11-12H2,1-3H3,(H,20,25). The number of carbonyl (C=O) groups is 1. The summed E-state index contributed by atoms with van der Waals surface area (Å²) in [6, 6.07) is 14.1. The third-order valence-electron chi connectivity index (χ3n) is 3.95. The molecule has 0 saturated heterocycles. The quantitative estimate of drug-likeness (QED) is 0.676. The minimum Gasteiger partial charge on any atom is -0.325 e. The number of tetrazole rings is 1. The summed E-state index contributed by atoms with van der Waals surface area (Å²) in [5.74, 6) is 0.182. The van der Waals surface area contributed by atoms with Crippen LogP contribution in [0.4, 0.5) is 5.69 Å². The molecule has 1 aromatic heterocycles. The van der Waals surface area contributed by atoms with Gasteiger partial charge < -0.3 is 5.32 Å². The maximum atomic E-state index is 12.4. The van der Waals surface area contributed by atoms with Crippen molar-refractivity contribution in [3.8, 4) is 0 Å². The molecule has 0 unspecified atom stereocenters. The van der Waals surface area contributed by atoms with Crippen LogP contribution in [0.3, 0.4) is 0 Å². The number of carbonyl (C=O) groups excluding carboxylic acids is 1. The Bertz CT molecular complexity index is 884. The number of nitrogens with one attached hydrogen (secondary N) is 1. The van der Waals surface area contributed by atoms with E-state index in [2.05, 4.69) is 33.0 Å². The van der Waals surface area contributed by atoms with Crippen LogP contribution < -0.4 is 5.32 Å². The van der Waals surface area contributed by atoms with E-state index < -0.39 is 0 Å². The first-order valence-corrected chi connectivity index (χ1v) is 9.32. The summed E-state index contributed by atoms with van der Waals surface area (Å²) >= 11 is 1.33.